The first-order valence-electron chi connectivity index (χ1n) is 10.4. The molecular formula is C24H25ClN2O3. The monoisotopic (exact) mass is 424 g/mol. The van der Waals surface area contributed by atoms with Crippen molar-refractivity contribution in [3.05, 3.63) is 64.9 Å². The molecule has 0 aromatic heterocycles. The van der Waals surface area contributed by atoms with E-state index in [1.54, 1.807) is 30.3 Å². The Bertz CT molecular complexity index is 988. The molecule has 1 aliphatic heterocycles. The predicted octanol–water partition coefficient (Wildman–Crippen LogP) is 4.80. The van der Waals surface area contributed by atoms with Gasteiger partial charge in [0.2, 0.25) is 5.91 Å². The molecule has 1 saturated carbocycles. The third kappa shape index (κ3) is 4.51. The lowest BCUT2D eigenvalue weighted by Crippen LogP contribution is -2.48. The molecule has 1 aliphatic carbocycles. The highest BCUT2D eigenvalue weighted by Gasteiger charge is 2.32. The predicted molar refractivity (Wildman–Crippen MR) is 118 cm³/mol. The van der Waals surface area contributed by atoms with Crippen molar-refractivity contribution >= 4 is 35.2 Å². The van der Waals surface area contributed by atoms with Crippen molar-refractivity contribution in [3.63, 3.8) is 0 Å². The van der Waals surface area contributed by atoms with Gasteiger partial charge in [-0.2, -0.15) is 0 Å². The zero-order valence-corrected chi connectivity index (χ0v) is 17.7. The molecule has 2 amide bonds. The van der Waals surface area contributed by atoms with E-state index in [4.69, 9.17) is 16.3 Å². The first kappa shape index (κ1) is 20.5. The average Bonchev–Trinajstić information content (AvgIpc) is 2.73. The van der Waals surface area contributed by atoms with Gasteiger partial charge in [0.15, 0.2) is 11.5 Å². The summed E-state index contributed by atoms with van der Waals surface area (Å²) in [6.07, 6.45) is 6.09. The zero-order valence-electron chi connectivity index (χ0n) is 16.9. The molecule has 6 heteroatoms. The second-order valence-corrected chi connectivity index (χ2v) is 8.40. The number of amides is 2. The Morgan fingerprint density at radius 1 is 1.20 bits per heavy atom. The molecule has 0 saturated heterocycles. The van der Waals surface area contributed by atoms with Gasteiger partial charge in [0.25, 0.3) is 5.91 Å². The summed E-state index contributed by atoms with van der Waals surface area (Å²) in [6, 6.07) is 14.6. The number of nitrogens with one attached hydrogen (secondary N) is 1. The van der Waals surface area contributed by atoms with E-state index in [1.165, 1.54) is 11.3 Å². The Morgan fingerprint density at radius 3 is 2.80 bits per heavy atom. The summed E-state index contributed by atoms with van der Waals surface area (Å²) in [4.78, 5) is 27.5. The normalized spacial score (nSPS) is 22.4. The molecule has 156 valence electrons. The second-order valence-electron chi connectivity index (χ2n) is 7.96. The number of anilines is 1. The van der Waals surface area contributed by atoms with Crippen LogP contribution in [0.2, 0.25) is 5.02 Å². The van der Waals surface area contributed by atoms with E-state index >= 15 is 0 Å². The summed E-state index contributed by atoms with van der Waals surface area (Å²) in [6.45, 7) is 2.13. The van der Waals surface area contributed by atoms with Crippen molar-refractivity contribution in [1.82, 2.24) is 5.32 Å². The summed E-state index contributed by atoms with van der Waals surface area (Å²) in [7, 11) is 0. The highest BCUT2D eigenvalue weighted by Crippen LogP contribution is 2.35. The topological polar surface area (TPSA) is 58.6 Å². The Labute approximate surface area is 181 Å². The molecule has 2 aromatic carbocycles. The Hall–Kier alpha value is -2.79. The smallest absolute Gasteiger partial charge is 0.294 e. The molecule has 0 unspecified atom stereocenters. The van der Waals surface area contributed by atoms with Crippen LogP contribution in [0, 0.1) is 5.92 Å². The van der Waals surface area contributed by atoms with Gasteiger partial charge in [-0.1, -0.05) is 55.6 Å². The van der Waals surface area contributed by atoms with Crippen LogP contribution in [-0.4, -0.2) is 24.4 Å². The lowest BCUT2D eigenvalue weighted by Gasteiger charge is -2.32. The van der Waals surface area contributed by atoms with Crippen LogP contribution in [0.1, 0.15) is 38.2 Å². The van der Waals surface area contributed by atoms with Crippen molar-refractivity contribution in [2.75, 3.05) is 11.4 Å². The van der Waals surface area contributed by atoms with Gasteiger partial charge in [-0.15, -0.1) is 0 Å². The van der Waals surface area contributed by atoms with E-state index in [0.717, 1.165) is 24.8 Å². The number of rotatable bonds is 4. The quantitative estimate of drug-likeness (QED) is 0.717. The molecule has 1 N–H and O–H groups in total. The molecule has 2 aliphatic rings. The number of hydrogen-bond acceptors (Lipinski definition) is 3. The molecular weight excluding hydrogens is 400 g/mol. The van der Waals surface area contributed by atoms with Gasteiger partial charge in [-0.05, 0) is 54.7 Å². The zero-order chi connectivity index (χ0) is 21.1. The van der Waals surface area contributed by atoms with Crippen LogP contribution in [0.4, 0.5) is 5.69 Å². The summed E-state index contributed by atoms with van der Waals surface area (Å²) in [5.41, 5.74) is 1.35. The minimum absolute atomic E-state index is 0.0463. The van der Waals surface area contributed by atoms with Crippen LogP contribution in [0.25, 0.3) is 6.08 Å². The van der Waals surface area contributed by atoms with Gasteiger partial charge in [-0.25, -0.2) is 0 Å². The van der Waals surface area contributed by atoms with Crippen LogP contribution >= 0.6 is 11.6 Å². The summed E-state index contributed by atoms with van der Waals surface area (Å²) in [5.74, 6) is 0.661. The van der Waals surface area contributed by atoms with Crippen molar-refractivity contribution in [3.8, 4) is 5.75 Å². The lowest BCUT2D eigenvalue weighted by molar-refractivity contribution is -0.124. The van der Waals surface area contributed by atoms with Crippen LogP contribution in [0.3, 0.4) is 0 Å². The molecule has 0 spiro atoms. The number of carbonyl (C=O) groups excluding carboxylic acids is 2. The fourth-order valence-corrected chi connectivity index (χ4v) is 4.29. The molecule has 5 nitrogen and oxygen atoms in total. The Morgan fingerprint density at radius 2 is 2.00 bits per heavy atom. The number of halogens is 1. The number of fused-ring (bicyclic) bond motifs is 1. The number of para-hydroxylation sites is 2. The minimum atomic E-state index is -0.347. The van der Waals surface area contributed by atoms with E-state index in [1.807, 2.05) is 24.3 Å². The van der Waals surface area contributed by atoms with Gasteiger partial charge < -0.3 is 10.1 Å². The minimum Gasteiger partial charge on any atom is -0.449 e. The third-order valence-corrected chi connectivity index (χ3v) is 5.97. The molecule has 2 aromatic rings. The average molecular weight is 425 g/mol. The largest absolute Gasteiger partial charge is 0.449 e. The summed E-state index contributed by atoms with van der Waals surface area (Å²) < 4.78 is 5.86. The molecule has 30 heavy (non-hydrogen) atoms. The number of nitrogens with zero attached hydrogens (tertiary/aromatic N) is 1. The summed E-state index contributed by atoms with van der Waals surface area (Å²) >= 11 is 6.06. The Kier molecular flexibility index (Phi) is 6.09. The van der Waals surface area contributed by atoms with Gasteiger partial charge in [0.05, 0.1) is 5.69 Å². The van der Waals surface area contributed by atoms with Crippen LogP contribution in [0.5, 0.6) is 5.75 Å². The maximum Gasteiger partial charge on any atom is 0.294 e. The lowest BCUT2D eigenvalue weighted by atomic mass is 9.86. The SMILES string of the molecule is C[C@@H]1CCCC[C@H]1NC(=O)CN1C(=O)/C(=C\c2cccc(Cl)c2)Oc2ccccc21. The van der Waals surface area contributed by atoms with Crippen LogP contribution in [0.15, 0.2) is 54.3 Å². The molecule has 0 bridgehead atoms. The maximum absolute atomic E-state index is 13.2. The number of hydrogen-bond donors (Lipinski definition) is 1. The first-order valence-corrected chi connectivity index (χ1v) is 10.7. The molecule has 1 fully saturated rings. The van der Waals surface area contributed by atoms with Crippen molar-refractivity contribution < 1.29 is 14.3 Å². The van der Waals surface area contributed by atoms with E-state index in [0.29, 0.717) is 22.4 Å². The van der Waals surface area contributed by atoms with Crippen LogP contribution < -0.4 is 15.0 Å². The number of carbonyl (C=O) groups is 2. The van der Waals surface area contributed by atoms with E-state index in [9.17, 15) is 9.59 Å². The van der Waals surface area contributed by atoms with E-state index in [-0.39, 0.29) is 30.2 Å². The summed E-state index contributed by atoms with van der Waals surface area (Å²) in [5, 5.41) is 3.70. The maximum atomic E-state index is 13.2. The van der Waals surface area contributed by atoms with Gasteiger partial charge in [-0.3, -0.25) is 14.5 Å². The number of benzene rings is 2. The van der Waals surface area contributed by atoms with Gasteiger partial charge >= 0.3 is 0 Å². The second kappa shape index (κ2) is 8.92. The fourth-order valence-electron chi connectivity index (χ4n) is 4.09. The van der Waals surface area contributed by atoms with Crippen molar-refractivity contribution in [2.45, 2.75) is 38.6 Å². The first-order chi connectivity index (χ1) is 14.5. The number of ether oxygens (including phenoxy) is 1. The van der Waals surface area contributed by atoms with Gasteiger partial charge in [0.1, 0.15) is 6.54 Å². The molecule has 0 radical (unpaired) electrons. The van der Waals surface area contributed by atoms with Crippen molar-refractivity contribution in [2.24, 2.45) is 5.92 Å². The third-order valence-electron chi connectivity index (χ3n) is 5.74. The van der Waals surface area contributed by atoms with Crippen molar-refractivity contribution in [1.29, 1.82) is 0 Å². The highest BCUT2D eigenvalue weighted by molar-refractivity contribution is 6.30. The van der Waals surface area contributed by atoms with E-state index < -0.39 is 0 Å². The molecule has 2 atom stereocenters. The standard InChI is InChI=1S/C24H25ClN2O3/c1-16-7-2-3-10-19(16)26-23(28)15-27-20-11-4-5-12-21(20)30-22(24(27)29)14-17-8-6-9-18(25)13-17/h4-6,8-9,11-14,16,19H,2-3,7,10,15H2,1H3,(H,26,28)/b22-14+/t16-,19-/m1/s1. The van der Waals surface area contributed by atoms with Crippen LogP contribution in [-0.2, 0) is 9.59 Å². The van der Waals surface area contributed by atoms with Gasteiger partial charge in [0, 0.05) is 11.1 Å². The molecule has 4 rings (SSSR count). The highest BCUT2D eigenvalue weighted by atomic mass is 35.5. The Balaban J connectivity index is 1.57. The fraction of sp³-hybridized carbons (Fsp3) is 0.333. The van der Waals surface area contributed by atoms with E-state index in [2.05, 4.69) is 12.2 Å². The molecule has 1 heterocycles.